The van der Waals surface area contributed by atoms with Crippen LogP contribution in [0.15, 0.2) is 36.4 Å². The molecule has 1 aliphatic heterocycles. The number of aryl methyl sites for hydroxylation is 1. The SMILES string of the molecule is COc1cc(C(=O)N2c3cccc(CCC(C)=O)c3CC2(CC(C)C)C(=O)O)ccc1C(C)(C)C. The summed E-state index contributed by atoms with van der Waals surface area (Å²) in [6.45, 7) is 11.7. The van der Waals surface area contributed by atoms with Gasteiger partial charge in [-0.05, 0) is 66.0 Å². The lowest BCUT2D eigenvalue weighted by Crippen LogP contribution is -2.56. The highest BCUT2D eigenvalue weighted by atomic mass is 16.5. The summed E-state index contributed by atoms with van der Waals surface area (Å²) >= 11 is 0. The van der Waals surface area contributed by atoms with Crippen molar-refractivity contribution in [3.05, 3.63) is 58.7 Å². The Labute approximate surface area is 208 Å². The fourth-order valence-corrected chi connectivity index (χ4v) is 5.16. The van der Waals surface area contributed by atoms with Crippen LogP contribution in [0, 0.1) is 5.92 Å². The van der Waals surface area contributed by atoms with Gasteiger partial charge in [-0.2, -0.15) is 0 Å². The zero-order valence-electron chi connectivity index (χ0n) is 21.9. The average molecular weight is 480 g/mol. The van der Waals surface area contributed by atoms with Gasteiger partial charge in [-0.1, -0.05) is 52.8 Å². The Kier molecular flexibility index (Phi) is 7.44. The van der Waals surface area contributed by atoms with Crippen LogP contribution < -0.4 is 9.64 Å². The summed E-state index contributed by atoms with van der Waals surface area (Å²) in [4.78, 5) is 40.1. The molecule has 0 aromatic heterocycles. The molecule has 0 aliphatic carbocycles. The molecular formula is C29H37NO5. The lowest BCUT2D eigenvalue weighted by Gasteiger charge is -2.36. The van der Waals surface area contributed by atoms with E-state index >= 15 is 0 Å². The maximum atomic E-state index is 14.1. The predicted molar refractivity (Wildman–Crippen MR) is 137 cm³/mol. The van der Waals surface area contributed by atoms with Crippen LogP contribution in [0.4, 0.5) is 5.69 Å². The van der Waals surface area contributed by atoms with Crippen molar-refractivity contribution in [3.8, 4) is 5.75 Å². The van der Waals surface area contributed by atoms with Gasteiger partial charge >= 0.3 is 5.97 Å². The zero-order chi connectivity index (χ0) is 26.1. The van der Waals surface area contributed by atoms with E-state index in [9.17, 15) is 19.5 Å². The van der Waals surface area contributed by atoms with Gasteiger partial charge in [0.15, 0.2) is 0 Å². The molecule has 188 valence electrons. The first-order valence-corrected chi connectivity index (χ1v) is 12.2. The van der Waals surface area contributed by atoms with Crippen LogP contribution in [0.2, 0.25) is 0 Å². The molecule has 0 spiro atoms. The monoisotopic (exact) mass is 479 g/mol. The van der Waals surface area contributed by atoms with Gasteiger partial charge in [-0.25, -0.2) is 4.79 Å². The van der Waals surface area contributed by atoms with Crippen LogP contribution in [-0.2, 0) is 27.8 Å². The van der Waals surface area contributed by atoms with E-state index in [4.69, 9.17) is 4.74 Å². The van der Waals surface area contributed by atoms with Crippen LogP contribution in [0.25, 0.3) is 0 Å². The molecule has 1 unspecified atom stereocenters. The number of hydrogen-bond donors (Lipinski definition) is 1. The van der Waals surface area contributed by atoms with Gasteiger partial charge in [0.1, 0.15) is 17.1 Å². The number of carboxylic acid groups (broad SMARTS) is 1. The molecule has 6 heteroatoms. The van der Waals surface area contributed by atoms with Gasteiger partial charge in [-0.3, -0.25) is 9.69 Å². The third-order valence-corrected chi connectivity index (χ3v) is 6.74. The number of nitrogens with zero attached hydrogens (tertiary/aromatic N) is 1. The molecule has 0 saturated heterocycles. The number of carboxylic acids is 1. The molecule has 0 fully saturated rings. The van der Waals surface area contributed by atoms with Gasteiger partial charge in [0.2, 0.25) is 0 Å². The van der Waals surface area contributed by atoms with Crippen molar-refractivity contribution in [2.24, 2.45) is 5.92 Å². The summed E-state index contributed by atoms with van der Waals surface area (Å²) in [6, 6.07) is 10.9. The highest BCUT2D eigenvalue weighted by molar-refractivity contribution is 6.13. The third kappa shape index (κ3) is 5.12. The molecule has 2 aromatic rings. The quantitative estimate of drug-likeness (QED) is 0.534. The number of benzene rings is 2. The minimum Gasteiger partial charge on any atom is -0.496 e. The normalized spacial score (nSPS) is 17.4. The Bertz CT molecular complexity index is 1140. The average Bonchev–Trinajstić information content (AvgIpc) is 3.10. The number of aliphatic carboxylic acids is 1. The number of methoxy groups -OCH3 is 1. The number of anilines is 1. The number of fused-ring (bicyclic) bond motifs is 1. The van der Waals surface area contributed by atoms with E-state index in [1.54, 1.807) is 26.2 Å². The smallest absolute Gasteiger partial charge is 0.330 e. The second kappa shape index (κ2) is 9.84. The molecule has 6 nitrogen and oxygen atoms in total. The zero-order valence-corrected chi connectivity index (χ0v) is 21.9. The lowest BCUT2D eigenvalue weighted by atomic mass is 9.83. The molecule has 1 heterocycles. The molecular weight excluding hydrogens is 442 g/mol. The first kappa shape index (κ1) is 26.5. The van der Waals surface area contributed by atoms with Gasteiger partial charge in [0.25, 0.3) is 5.91 Å². The minimum absolute atomic E-state index is 0.0502. The summed E-state index contributed by atoms with van der Waals surface area (Å²) in [5, 5.41) is 10.5. The molecule has 1 N–H and O–H groups in total. The van der Waals surface area contributed by atoms with E-state index in [1.165, 1.54) is 4.90 Å². The maximum absolute atomic E-state index is 14.1. The minimum atomic E-state index is -1.41. The van der Waals surface area contributed by atoms with Crippen molar-refractivity contribution in [1.82, 2.24) is 0 Å². The van der Waals surface area contributed by atoms with Crippen molar-refractivity contribution < 1.29 is 24.2 Å². The topological polar surface area (TPSA) is 83.9 Å². The van der Waals surface area contributed by atoms with Crippen LogP contribution in [-0.4, -0.2) is 35.4 Å². The Morgan fingerprint density at radius 1 is 1.14 bits per heavy atom. The van der Waals surface area contributed by atoms with Crippen LogP contribution in [0.1, 0.15) is 81.4 Å². The highest BCUT2D eigenvalue weighted by Crippen LogP contribution is 2.45. The maximum Gasteiger partial charge on any atom is 0.330 e. The van der Waals surface area contributed by atoms with Crippen molar-refractivity contribution >= 4 is 23.3 Å². The van der Waals surface area contributed by atoms with Crippen LogP contribution >= 0.6 is 0 Å². The number of ketones is 1. The first-order chi connectivity index (χ1) is 16.3. The van der Waals surface area contributed by atoms with Gasteiger partial charge in [-0.15, -0.1) is 0 Å². The number of ether oxygens (including phenoxy) is 1. The van der Waals surface area contributed by atoms with E-state index < -0.39 is 11.5 Å². The molecule has 0 radical (unpaired) electrons. The van der Waals surface area contributed by atoms with Crippen molar-refractivity contribution in [1.29, 1.82) is 0 Å². The van der Waals surface area contributed by atoms with E-state index in [0.29, 0.717) is 36.3 Å². The van der Waals surface area contributed by atoms with Gasteiger partial charge in [0, 0.05) is 24.1 Å². The molecule has 2 aromatic carbocycles. The predicted octanol–water partition coefficient (Wildman–Crippen LogP) is 5.59. The summed E-state index contributed by atoms with van der Waals surface area (Å²) in [7, 11) is 1.57. The van der Waals surface area contributed by atoms with Gasteiger partial charge < -0.3 is 14.6 Å². The van der Waals surface area contributed by atoms with Crippen molar-refractivity contribution in [3.63, 3.8) is 0 Å². The van der Waals surface area contributed by atoms with E-state index in [2.05, 4.69) is 20.8 Å². The van der Waals surface area contributed by atoms with E-state index in [-0.39, 0.29) is 29.4 Å². The number of hydrogen-bond acceptors (Lipinski definition) is 4. The fraction of sp³-hybridized carbons (Fsp3) is 0.483. The third-order valence-electron chi connectivity index (χ3n) is 6.74. The molecule has 0 saturated carbocycles. The number of amides is 1. The largest absolute Gasteiger partial charge is 0.496 e. The molecule has 3 rings (SSSR count). The first-order valence-electron chi connectivity index (χ1n) is 12.2. The highest BCUT2D eigenvalue weighted by Gasteiger charge is 2.53. The lowest BCUT2D eigenvalue weighted by molar-refractivity contribution is -0.143. The number of carbonyl (C=O) groups excluding carboxylic acids is 2. The van der Waals surface area contributed by atoms with Crippen molar-refractivity contribution in [2.75, 3.05) is 12.0 Å². The Morgan fingerprint density at radius 3 is 2.37 bits per heavy atom. The summed E-state index contributed by atoms with van der Waals surface area (Å²) in [5.41, 5.74) is 2.13. The fourth-order valence-electron chi connectivity index (χ4n) is 5.16. The number of carbonyl (C=O) groups is 3. The van der Waals surface area contributed by atoms with Crippen LogP contribution in [0.5, 0.6) is 5.75 Å². The molecule has 35 heavy (non-hydrogen) atoms. The molecule has 0 bridgehead atoms. The number of rotatable bonds is 8. The summed E-state index contributed by atoms with van der Waals surface area (Å²) < 4.78 is 5.61. The Morgan fingerprint density at radius 2 is 1.83 bits per heavy atom. The second-order valence-corrected chi connectivity index (χ2v) is 11.0. The summed E-state index contributed by atoms with van der Waals surface area (Å²) in [5.74, 6) is -0.663. The van der Waals surface area contributed by atoms with Gasteiger partial charge in [0.05, 0.1) is 7.11 Å². The van der Waals surface area contributed by atoms with Crippen molar-refractivity contribution in [2.45, 2.75) is 78.2 Å². The van der Waals surface area contributed by atoms with E-state index in [0.717, 1.165) is 16.7 Å². The molecule has 1 amide bonds. The van der Waals surface area contributed by atoms with E-state index in [1.807, 2.05) is 38.1 Å². The Hall–Kier alpha value is -3.15. The standard InChI is InChI=1S/C29H37NO5/c1-18(2)16-29(27(33)34)17-22-20(12-11-19(3)31)9-8-10-24(22)30(29)26(32)21-13-14-23(28(4,5)6)25(15-21)35-7/h8-10,13-15,18H,11-12,16-17H2,1-7H3,(H,33,34). The molecule has 1 aliphatic rings. The van der Waals surface area contributed by atoms with Crippen LogP contribution in [0.3, 0.4) is 0 Å². The summed E-state index contributed by atoms with van der Waals surface area (Å²) in [6.07, 6.45) is 1.42. The molecule has 1 atom stereocenters. The Balaban J connectivity index is 2.18. The second-order valence-electron chi connectivity index (χ2n) is 11.0. The number of Topliss-reactive ketones (excluding diaryl/α,β-unsaturated/α-hetero) is 1.